The summed E-state index contributed by atoms with van der Waals surface area (Å²) in [6, 6.07) is 5.67. The highest BCUT2D eigenvalue weighted by Gasteiger charge is 2.14. The van der Waals surface area contributed by atoms with E-state index in [4.69, 9.17) is 22.1 Å². The highest BCUT2D eigenvalue weighted by atomic mass is 35.5. The van der Waals surface area contributed by atoms with Crippen molar-refractivity contribution in [3.05, 3.63) is 28.8 Å². The summed E-state index contributed by atoms with van der Waals surface area (Å²) in [5.74, 6) is 0.942. The molecule has 0 amide bonds. The van der Waals surface area contributed by atoms with Crippen LogP contribution in [0.4, 0.5) is 5.69 Å². The van der Waals surface area contributed by atoms with Crippen molar-refractivity contribution in [3.63, 3.8) is 0 Å². The molecule has 1 aliphatic heterocycles. The van der Waals surface area contributed by atoms with Gasteiger partial charge in [0.2, 0.25) is 0 Å². The molecule has 88 valence electrons. The fraction of sp³-hybridized carbons (Fsp3) is 0.500. The van der Waals surface area contributed by atoms with E-state index in [0.717, 1.165) is 48.1 Å². The van der Waals surface area contributed by atoms with Gasteiger partial charge in [0.25, 0.3) is 0 Å². The Morgan fingerprint density at radius 1 is 1.38 bits per heavy atom. The summed E-state index contributed by atoms with van der Waals surface area (Å²) < 4.78 is 5.34. The molecular formula is C12H16ClNOS. The van der Waals surface area contributed by atoms with Gasteiger partial charge in [-0.2, -0.15) is 11.8 Å². The Hall–Kier alpha value is -0.380. The number of anilines is 1. The fourth-order valence-corrected chi connectivity index (χ4v) is 3.14. The minimum absolute atomic E-state index is 0.701. The van der Waals surface area contributed by atoms with Crippen LogP contribution in [0.2, 0.25) is 5.02 Å². The molecule has 4 heteroatoms. The first-order chi connectivity index (χ1) is 7.75. The van der Waals surface area contributed by atoms with Gasteiger partial charge < -0.3 is 10.5 Å². The number of thioether (sulfide) groups is 1. The second-order valence-corrected chi connectivity index (χ2v) is 5.69. The van der Waals surface area contributed by atoms with Crippen molar-refractivity contribution in [1.29, 1.82) is 0 Å². The van der Waals surface area contributed by atoms with Gasteiger partial charge in [0.05, 0.1) is 0 Å². The Bertz CT molecular complexity index is 353. The molecule has 2 rings (SSSR count). The molecule has 0 saturated carbocycles. The number of hydrogen-bond donors (Lipinski definition) is 1. The molecule has 0 radical (unpaired) electrons. The molecule has 0 bridgehead atoms. The smallest absolute Gasteiger partial charge is 0.0476 e. The molecule has 1 fully saturated rings. The second kappa shape index (κ2) is 5.80. The lowest BCUT2D eigenvalue weighted by molar-refractivity contribution is 0.1000. The highest BCUT2D eigenvalue weighted by Crippen LogP contribution is 2.28. The van der Waals surface area contributed by atoms with Gasteiger partial charge in [0, 0.05) is 34.9 Å². The molecule has 0 aliphatic carbocycles. The van der Waals surface area contributed by atoms with Crippen molar-refractivity contribution in [2.24, 2.45) is 0 Å². The van der Waals surface area contributed by atoms with E-state index in [0.29, 0.717) is 5.25 Å². The number of nitrogens with two attached hydrogens (primary N) is 1. The molecule has 0 spiro atoms. The van der Waals surface area contributed by atoms with Crippen LogP contribution >= 0.6 is 23.4 Å². The summed E-state index contributed by atoms with van der Waals surface area (Å²) in [5, 5.41) is 1.46. The molecule has 16 heavy (non-hydrogen) atoms. The lowest BCUT2D eigenvalue weighted by atomic mass is 10.2. The van der Waals surface area contributed by atoms with E-state index in [2.05, 4.69) is 0 Å². The average molecular weight is 258 g/mol. The largest absolute Gasteiger partial charge is 0.398 e. The molecule has 1 aromatic rings. The number of rotatable bonds is 3. The van der Waals surface area contributed by atoms with Crippen LogP contribution in [0.5, 0.6) is 0 Å². The zero-order valence-corrected chi connectivity index (χ0v) is 10.7. The second-order valence-electron chi connectivity index (χ2n) is 3.97. The fourth-order valence-electron chi connectivity index (χ4n) is 1.75. The Balaban J connectivity index is 1.90. The molecule has 1 aliphatic rings. The third-order valence-electron chi connectivity index (χ3n) is 2.75. The Kier molecular flexibility index (Phi) is 4.38. The van der Waals surface area contributed by atoms with Crippen LogP contribution in [-0.4, -0.2) is 18.5 Å². The predicted octanol–water partition coefficient (Wildman–Crippen LogP) is 3.33. The summed E-state index contributed by atoms with van der Waals surface area (Å²) in [6.07, 6.45) is 2.29. The zero-order chi connectivity index (χ0) is 11.4. The molecule has 0 aromatic heterocycles. The Labute approximate surface area is 105 Å². The van der Waals surface area contributed by atoms with Crippen molar-refractivity contribution in [2.75, 3.05) is 18.9 Å². The number of halogens is 1. The van der Waals surface area contributed by atoms with Gasteiger partial charge in [0.15, 0.2) is 0 Å². The van der Waals surface area contributed by atoms with Crippen LogP contribution in [0.1, 0.15) is 18.4 Å². The number of benzene rings is 1. The topological polar surface area (TPSA) is 35.2 Å². The predicted molar refractivity (Wildman–Crippen MR) is 71.0 cm³/mol. The van der Waals surface area contributed by atoms with Gasteiger partial charge in [-0.1, -0.05) is 11.6 Å². The standard InChI is InChI=1S/C12H16ClNOS/c13-10-1-2-12(14)9(7-10)8-16-11-3-5-15-6-4-11/h1-2,7,11H,3-6,8,14H2. The molecule has 1 aromatic carbocycles. The van der Waals surface area contributed by atoms with Crippen LogP contribution < -0.4 is 5.73 Å². The first-order valence-corrected chi connectivity index (χ1v) is 6.91. The molecule has 2 N–H and O–H groups in total. The normalized spacial score (nSPS) is 17.6. The van der Waals surface area contributed by atoms with E-state index in [1.54, 1.807) is 0 Å². The van der Waals surface area contributed by atoms with Crippen LogP contribution in [-0.2, 0) is 10.5 Å². The van der Waals surface area contributed by atoms with Crippen LogP contribution in [0.3, 0.4) is 0 Å². The molecule has 1 saturated heterocycles. The first kappa shape index (κ1) is 12.1. The first-order valence-electron chi connectivity index (χ1n) is 5.49. The van der Waals surface area contributed by atoms with Crippen molar-refractivity contribution >= 4 is 29.1 Å². The van der Waals surface area contributed by atoms with Gasteiger partial charge in [0.1, 0.15) is 0 Å². The van der Waals surface area contributed by atoms with E-state index < -0.39 is 0 Å². The molecule has 0 atom stereocenters. The van der Waals surface area contributed by atoms with E-state index in [9.17, 15) is 0 Å². The average Bonchev–Trinajstić information content (AvgIpc) is 2.32. The number of hydrogen-bond acceptors (Lipinski definition) is 3. The van der Waals surface area contributed by atoms with Crippen LogP contribution in [0, 0.1) is 0 Å². The summed E-state index contributed by atoms with van der Waals surface area (Å²) >= 11 is 7.91. The van der Waals surface area contributed by atoms with Crippen LogP contribution in [0.15, 0.2) is 18.2 Å². The van der Waals surface area contributed by atoms with Crippen molar-refractivity contribution in [3.8, 4) is 0 Å². The van der Waals surface area contributed by atoms with Crippen molar-refractivity contribution in [2.45, 2.75) is 23.8 Å². The van der Waals surface area contributed by atoms with Gasteiger partial charge in [-0.25, -0.2) is 0 Å². The molecule has 1 heterocycles. The summed E-state index contributed by atoms with van der Waals surface area (Å²) in [6.45, 7) is 1.78. The highest BCUT2D eigenvalue weighted by molar-refractivity contribution is 7.99. The number of nitrogen functional groups attached to an aromatic ring is 1. The maximum absolute atomic E-state index is 5.95. The maximum atomic E-state index is 5.95. The van der Waals surface area contributed by atoms with Gasteiger partial charge >= 0.3 is 0 Å². The quantitative estimate of drug-likeness (QED) is 0.844. The van der Waals surface area contributed by atoms with E-state index in [1.165, 1.54) is 0 Å². The van der Waals surface area contributed by atoms with Crippen molar-refractivity contribution in [1.82, 2.24) is 0 Å². The monoisotopic (exact) mass is 257 g/mol. The van der Waals surface area contributed by atoms with Gasteiger partial charge in [-0.15, -0.1) is 0 Å². The van der Waals surface area contributed by atoms with E-state index in [-0.39, 0.29) is 0 Å². The summed E-state index contributed by atoms with van der Waals surface area (Å²) in [4.78, 5) is 0. The lowest BCUT2D eigenvalue weighted by Gasteiger charge is -2.21. The minimum atomic E-state index is 0.701. The molecule has 2 nitrogen and oxygen atoms in total. The van der Waals surface area contributed by atoms with Crippen molar-refractivity contribution < 1.29 is 4.74 Å². The summed E-state index contributed by atoms with van der Waals surface area (Å²) in [5.41, 5.74) is 7.89. The zero-order valence-electron chi connectivity index (χ0n) is 9.12. The molecular weight excluding hydrogens is 242 g/mol. The van der Waals surface area contributed by atoms with Gasteiger partial charge in [-0.05, 0) is 36.6 Å². The Morgan fingerprint density at radius 2 is 2.12 bits per heavy atom. The van der Waals surface area contributed by atoms with E-state index in [1.807, 2.05) is 30.0 Å². The lowest BCUT2D eigenvalue weighted by Crippen LogP contribution is -2.17. The van der Waals surface area contributed by atoms with E-state index >= 15 is 0 Å². The van der Waals surface area contributed by atoms with Crippen LogP contribution in [0.25, 0.3) is 0 Å². The Morgan fingerprint density at radius 3 is 2.88 bits per heavy atom. The van der Waals surface area contributed by atoms with Gasteiger partial charge in [-0.3, -0.25) is 0 Å². The minimum Gasteiger partial charge on any atom is -0.398 e. The maximum Gasteiger partial charge on any atom is 0.0476 e. The SMILES string of the molecule is Nc1ccc(Cl)cc1CSC1CCOCC1. The summed E-state index contributed by atoms with van der Waals surface area (Å²) in [7, 11) is 0. The third-order valence-corrected chi connectivity index (χ3v) is 4.40. The third kappa shape index (κ3) is 3.30. The number of ether oxygens (including phenoxy) is 1. The molecule has 0 unspecified atom stereocenters.